The van der Waals surface area contributed by atoms with Crippen molar-refractivity contribution in [2.75, 3.05) is 24.7 Å². The third kappa shape index (κ3) is 3.55. The summed E-state index contributed by atoms with van der Waals surface area (Å²) in [7, 11) is 0. The van der Waals surface area contributed by atoms with Gasteiger partial charge in [-0.1, -0.05) is 0 Å². The van der Waals surface area contributed by atoms with Gasteiger partial charge in [-0.2, -0.15) is 0 Å². The van der Waals surface area contributed by atoms with Crippen LogP contribution in [0.25, 0.3) is 0 Å². The molecule has 5 heteroatoms. The largest absolute Gasteiger partial charge is 0.308 e. The lowest BCUT2D eigenvalue weighted by Crippen LogP contribution is -2.50. The number of hydrogen-bond acceptors (Lipinski definition) is 2. The normalized spacial score (nSPS) is 25.0. The average Bonchev–Trinajstić information content (AvgIpc) is 3.20. The fraction of sp³-hybridized carbons (Fsp3) is 0.611. The zero-order chi connectivity index (χ0) is 16.2. The summed E-state index contributed by atoms with van der Waals surface area (Å²) in [5.74, 6) is -0.524. The minimum atomic E-state index is -0.655. The Balaban J connectivity index is 1.87. The number of amides is 1. The first-order chi connectivity index (χ1) is 11.2. The summed E-state index contributed by atoms with van der Waals surface area (Å²) < 4.78 is 26.0. The number of alkyl halides is 1. The molecule has 0 radical (unpaired) electrons. The number of benzene rings is 1. The Kier molecular flexibility index (Phi) is 5.26. The fourth-order valence-electron chi connectivity index (χ4n) is 4.04. The molecule has 1 heterocycles. The van der Waals surface area contributed by atoms with Crippen molar-refractivity contribution in [3.8, 4) is 0 Å². The van der Waals surface area contributed by atoms with E-state index in [1.54, 1.807) is 17.0 Å². The topological polar surface area (TPSA) is 23.6 Å². The second kappa shape index (κ2) is 7.39. The van der Waals surface area contributed by atoms with Crippen molar-refractivity contribution in [2.24, 2.45) is 0 Å². The zero-order valence-electron chi connectivity index (χ0n) is 13.4. The predicted molar refractivity (Wildman–Crippen MR) is 86.7 cm³/mol. The summed E-state index contributed by atoms with van der Waals surface area (Å²) >= 11 is 0. The third-order valence-corrected chi connectivity index (χ3v) is 5.07. The van der Waals surface area contributed by atoms with Crippen molar-refractivity contribution in [3.63, 3.8) is 0 Å². The first-order valence-corrected chi connectivity index (χ1v) is 8.58. The molecule has 2 unspecified atom stereocenters. The summed E-state index contributed by atoms with van der Waals surface area (Å²) in [6.45, 7) is 1.50. The molecule has 3 nitrogen and oxygen atoms in total. The quantitative estimate of drug-likeness (QED) is 0.828. The summed E-state index contributed by atoms with van der Waals surface area (Å²) in [5.41, 5.74) is 0.681. The van der Waals surface area contributed by atoms with Crippen LogP contribution in [-0.2, 0) is 4.79 Å². The van der Waals surface area contributed by atoms with Gasteiger partial charge in [0.15, 0.2) is 0 Å². The summed E-state index contributed by atoms with van der Waals surface area (Å²) in [4.78, 5) is 16.8. The highest BCUT2D eigenvalue weighted by Crippen LogP contribution is 2.34. The molecule has 23 heavy (non-hydrogen) atoms. The molecule has 1 saturated carbocycles. The van der Waals surface area contributed by atoms with Gasteiger partial charge in [0.25, 0.3) is 0 Å². The van der Waals surface area contributed by atoms with Crippen molar-refractivity contribution in [1.82, 2.24) is 4.90 Å². The highest BCUT2D eigenvalue weighted by Gasteiger charge is 2.39. The Labute approximate surface area is 136 Å². The van der Waals surface area contributed by atoms with Gasteiger partial charge in [-0.15, -0.1) is 0 Å². The molecule has 1 aromatic rings. The monoisotopic (exact) mass is 322 g/mol. The van der Waals surface area contributed by atoms with E-state index in [4.69, 9.17) is 0 Å². The maximum absolute atomic E-state index is 13.2. The predicted octanol–water partition coefficient (Wildman–Crippen LogP) is 3.54. The van der Waals surface area contributed by atoms with E-state index in [1.807, 2.05) is 0 Å². The van der Waals surface area contributed by atoms with Crippen LogP contribution in [0.2, 0.25) is 0 Å². The SMILES string of the molecule is O=C(CCF)N(c1ccc(F)cc1)C1CCCC1N1CCCC1. The van der Waals surface area contributed by atoms with Gasteiger partial charge >= 0.3 is 0 Å². The minimum absolute atomic E-state index is 0.0672. The third-order valence-electron chi connectivity index (χ3n) is 5.07. The van der Waals surface area contributed by atoms with E-state index in [1.165, 1.54) is 25.0 Å². The number of halogens is 2. The van der Waals surface area contributed by atoms with Crippen molar-refractivity contribution < 1.29 is 13.6 Å². The number of rotatable bonds is 5. The second-order valence-electron chi connectivity index (χ2n) is 6.49. The highest BCUT2D eigenvalue weighted by molar-refractivity contribution is 5.94. The smallest absolute Gasteiger partial charge is 0.229 e. The standard InChI is InChI=1S/C18H24F2N2O/c19-11-10-18(23)22(15-8-6-14(20)7-9-15)17-5-3-4-16(17)21-12-1-2-13-21/h6-9,16-17H,1-5,10-13H2. The molecule has 1 aliphatic carbocycles. The lowest BCUT2D eigenvalue weighted by atomic mass is 10.1. The van der Waals surface area contributed by atoms with Gasteiger partial charge < -0.3 is 4.90 Å². The number of anilines is 1. The fourth-order valence-corrected chi connectivity index (χ4v) is 4.04. The van der Waals surface area contributed by atoms with E-state index in [0.717, 1.165) is 32.4 Å². The van der Waals surface area contributed by atoms with Gasteiger partial charge in [0.1, 0.15) is 5.82 Å². The van der Waals surface area contributed by atoms with Crippen LogP contribution in [0.3, 0.4) is 0 Å². The Morgan fingerprint density at radius 2 is 1.83 bits per heavy atom. The molecule has 126 valence electrons. The molecule has 1 amide bonds. The van der Waals surface area contributed by atoms with Crippen LogP contribution >= 0.6 is 0 Å². The number of carbonyl (C=O) groups excluding carboxylic acids is 1. The lowest BCUT2D eigenvalue weighted by Gasteiger charge is -2.37. The Morgan fingerprint density at radius 1 is 1.13 bits per heavy atom. The number of nitrogens with zero attached hydrogens (tertiary/aromatic N) is 2. The number of likely N-dealkylation sites (tertiary alicyclic amines) is 1. The van der Waals surface area contributed by atoms with Crippen molar-refractivity contribution in [3.05, 3.63) is 30.1 Å². The summed E-state index contributed by atoms with van der Waals surface area (Å²) in [5, 5.41) is 0. The maximum Gasteiger partial charge on any atom is 0.229 e. The molecule has 2 aliphatic rings. The minimum Gasteiger partial charge on any atom is -0.308 e. The van der Waals surface area contributed by atoms with Gasteiger partial charge in [0.2, 0.25) is 5.91 Å². The number of hydrogen-bond donors (Lipinski definition) is 0. The molecule has 0 spiro atoms. The summed E-state index contributed by atoms with van der Waals surface area (Å²) in [6.07, 6.45) is 5.38. The van der Waals surface area contributed by atoms with E-state index in [0.29, 0.717) is 11.7 Å². The van der Waals surface area contributed by atoms with Crippen LogP contribution in [0.4, 0.5) is 14.5 Å². The number of carbonyl (C=O) groups is 1. The van der Waals surface area contributed by atoms with Crippen molar-refractivity contribution in [2.45, 2.75) is 50.6 Å². The lowest BCUT2D eigenvalue weighted by molar-refractivity contribution is -0.119. The van der Waals surface area contributed by atoms with E-state index < -0.39 is 6.67 Å². The molecule has 0 aromatic heterocycles. The molecular weight excluding hydrogens is 298 g/mol. The molecule has 1 saturated heterocycles. The van der Waals surface area contributed by atoms with Crippen molar-refractivity contribution >= 4 is 11.6 Å². The first-order valence-electron chi connectivity index (χ1n) is 8.58. The molecule has 0 bridgehead atoms. The Morgan fingerprint density at radius 3 is 2.48 bits per heavy atom. The van der Waals surface area contributed by atoms with Gasteiger partial charge in [-0.3, -0.25) is 14.1 Å². The van der Waals surface area contributed by atoms with E-state index in [2.05, 4.69) is 4.90 Å². The van der Waals surface area contributed by atoms with Crippen LogP contribution in [0.1, 0.15) is 38.5 Å². The maximum atomic E-state index is 13.2. The van der Waals surface area contributed by atoms with E-state index in [-0.39, 0.29) is 24.2 Å². The Bertz CT molecular complexity index is 528. The second-order valence-corrected chi connectivity index (χ2v) is 6.49. The zero-order valence-corrected chi connectivity index (χ0v) is 13.4. The highest BCUT2D eigenvalue weighted by atomic mass is 19.1. The van der Waals surface area contributed by atoms with Gasteiger partial charge in [-0.25, -0.2) is 4.39 Å². The van der Waals surface area contributed by atoms with E-state index >= 15 is 0 Å². The van der Waals surface area contributed by atoms with Crippen molar-refractivity contribution in [1.29, 1.82) is 0 Å². The first kappa shape index (κ1) is 16.4. The van der Waals surface area contributed by atoms with E-state index in [9.17, 15) is 13.6 Å². The molecule has 3 rings (SSSR count). The van der Waals surface area contributed by atoms with Crippen LogP contribution in [0.15, 0.2) is 24.3 Å². The average molecular weight is 322 g/mol. The van der Waals surface area contributed by atoms with Crippen LogP contribution in [0.5, 0.6) is 0 Å². The molecule has 1 aliphatic heterocycles. The van der Waals surface area contributed by atoms with Crippen LogP contribution in [0, 0.1) is 5.82 Å². The van der Waals surface area contributed by atoms with Gasteiger partial charge in [0, 0.05) is 11.7 Å². The molecule has 1 aromatic carbocycles. The van der Waals surface area contributed by atoms with Crippen LogP contribution in [-0.4, -0.2) is 42.7 Å². The molecule has 2 atom stereocenters. The molecule has 0 N–H and O–H groups in total. The Hall–Kier alpha value is -1.49. The summed E-state index contributed by atoms with van der Waals surface area (Å²) in [6, 6.07) is 6.40. The van der Waals surface area contributed by atoms with Gasteiger partial charge in [0.05, 0.1) is 19.1 Å². The van der Waals surface area contributed by atoms with Crippen LogP contribution < -0.4 is 4.90 Å². The molecule has 2 fully saturated rings. The van der Waals surface area contributed by atoms with Gasteiger partial charge in [-0.05, 0) is 69.5 Å². The molecular formula is C18H24F2N2O.